The summed E-state index contributed by atoms with van der Waals surface area (Å²) in [4.78, 5) is 16.8. The third-order valence-electron chi connectivity index (χ3n) is 5.99. The number of nitrogens with one attached hydrogen (secondary N) is 2. The summed E-state index contributed by atoms with van der Waals surface area (Å²) in [5.41, 5.74) is 1.89. The number of para-hydroxylation sites is 2. The molecule has 2 amide bonds. The number of nitrogens with zero attached hydrogens (tertiary/aromatic N) is 2. The molecule has 8 nitrogen and oxygen atoms in total. The lowest BCUT2D eigenvalue weighted by Crippen LogP contribution is -2.57. The molecule has 4 atom stereocenters. The van der Waals surface area contributed by atoms with E-state index in [-0.39, 0.29) is 25.2 Å². The van der Waals surface area contributed by atoms with Crippen molar-refractivity contribution in [2.75, 3.05) is 49.5 Å². The van der Waals surface area contributed by atoms with Gasteiger partial charge >= 0.3 is 6.03 Å². The van der Waals surface area contributed by atoms with Gasteiger partial charge < -0.3 is 30.5 Å². The fourth-order valence-corrected chi connectivity index (χ4v) is 4.40. The summed E-state index contributed by atoms with van der Waals surface area (Å²) in [6.07, 6.45) is -1.87. The number of anilines is 2. The number of hydrogen-bond acceptors (Lipinski definition) is 6. The number of carbonyl (C=O) groups is 1. The van der Waals surface area contributed by atoms with Gasteiger partial charge in [0.05, 0.1) is 18.8 Å². The summed E-state index contributed by atoms with van der Waals surface area (Å²) < 4.78 is 5.90. The highest BCUT2D eigenvalue weighted by Crippen LogP contribution is 2.27. The van der Waals surface area contributed by atoms with Gasteiger partial charge in [0.25, 0.3) is 0 Å². The first-order valence-corrected chi connectivity index (χ1v) is 10.7. The maximum Gasteiger partial charge on any atom is 0.319 e. The second-order valence-electron chi connectivity index (χ2n) is 7.94. The molecule has 0 spiro atoms. The normalized spacial score (nSPS) is 26.6. The van der Waals surface area contributed by atoms with Crippen LogP contribution in [0, 0.1) is 0 Å². The molecule has 4 unspecified atom stereocenters. The van der Waals surface area contributed by atoms with Crippen LogP contribution in [0.4, 0.5) is 16.2 Å². The van der Waals surface area contributed by atoms with Crippen LogP contribution in [0.1, 0.15) is 0 Å². The molecule has 2 aromatic carbocycles. The Kier molecular flexibility index (Phi) is 7.03. The van der Waals surface area contributed by atoms with E-state index in [0.717, 1.165) is 26.2 Å². The van der Waals surface area contributed by atoms with Crippen molar-refractivity contribution in [3.8, 4) is 0 Å². The fraction of sp³-hybridized carbons (Fsp3) is 0.435. The van der Waals surface area contributed by atoms with Crippen molar-refractivity contribution in [3.05, 3.63) is 60.7 Å². The van der Waals surface area contributed by atoms with Gasteiger partial charge in [0.15, 0.2) is 0 Å². The summed E-state index contributed by atoms with van der Waals surface area (Å²) in [5.74, 6) is 0. The predicted octanol–water partition coefficient (Wildman–Crippen LogP) is 1.12. The molecule has 31 heavy (non-hydrogen) atoms. The summed E-state index contributed by atoms with van der Waals surface area (Å²) in [7, 11) is 0. The van der Waals surface area contributed by atoms with Gasteiger partial charge in [0.1, 0.15) is 12.2 Å². The number of hydrogen-bond donors (Lipinski definition) is 4. The Labute approximate surface area is 182 Å². The molecule has 2 heterocycles. The van der Waals surface area contributed by atoms with Gasteiger partial charge in [-0.2, -0.15) is 0 Å². The second kappa shape index (κ2) is 10.1. The van der Waals surface area contributed by atoms with Crippen LogP contribution < -0.4 is 15.5 Å². The molecule has 0 radical (unpaired) electrons. The Morgan fingerprint density at radius 1 is 0.968 bits per heavy atom. The van der Waals surface area contributed by atoms with E-state index in [1.807, 2.05) is 48.5 Å². The van der Waals surface area contributed by atoms with E-state index in [2.05, 4.69) is 32.6 Å². The van der Waals surface area contributed by atoms with E-state index in [0.29, 0.717) is 5.69 Å². The molecular formula is C23H30N4O4. The van der Waals surface area contributed by atoms with Crippen LogP contribution >= 0.6 is 0 Å². The highest BCUT2D eigenvalue weighted by Gasteiger charge is 2.46. The van der Waals surface area contributed by atoms with Crippen LogP contribution in [0.2, 0.25) is 0 Å². The van der Waals surface area contributed by atoms with E-state index in [4.69, 9.17) is 4.74 Å². The highest BCUT2D eigenvalue weighted by atomic mass is 16.5. The van der Waals surface area contributed by atoms with Gasteiger partial charge in [0, 0.05) is 44.1 Å². The first-order valence-electron chi connectivity index (χ1n) is 10.7. The molecule has 8 heteroatoms. The molecule has 166 valence electrons. The molecule has 2 aliphatic rings. The summed E-state index contributed by atoms with van der Waals surface area (Å²) in [6.45, 7) is 3.21. The summed E-state index contributed by atoms with van der Waals surface area (Å²) in [5, 5.41) is 26.0. The molecule has 0 aromatic heterocycles. The van der Waals surface area contributed by atoms with Crippen LogP contribution in [0.25, 0.3) is 0 Å². The van der Waals surface area contributed by atoms with Gasteiger partial charge in [-0.25, -0.2) is 4.79 Å². The molecule has 4 N–H and O–H groups in total. The van der Waals surface area contributed by atoms with Crippen molar-refractivity contribution in [3.63, 3.8) is 0 Å². The van der Waals surface area contributed by atoms with Crippen molar-refractivity contribution < 1.29 is 19.7 Å². The first-order chi connectivity index (χ1) is 15.2. The molecule has 2 fully saturated rings. The van der Waals surface area contributed by atoms with Crippen LogP contribution in [-0.4, -0.2) is 84.8 Å². The number of carbonyl (C=O) groups excluding carboxylic acids is 1. The average Bonchev–Trinajstić information content (AvgIpc) is 3.14. The fourth-order valence-electron chi connectivity index (χ4n) is 4.40. The second-order valence-corrected chi connectivity index (χ2v) is 7.94. The van der Waals surface area contributed by atoms with Gasteiger partial charge in [-0.05, 0) is 24.3 Å². The number of rotatable bonds is 6. The van der Waals surface area contributed by atoms with Gasteiger partial charge in [-0.15, -0.1) is 0 Å². The van der Waals surface area contributed by atoms with Crippen molar-refractivity contribution in [2.45, 2.75) is 24.4 Å². The zero-order chi connectivity index (χ0) is 21.6. The van der Waals surface area contributed by atoms with Gasteiger partial charge in [0.2, 0.25) is 0 Å². The lowest BCUT2D eigenvalue weighted by Gasteiger charge is -2.41. The van der Waals surface area contributed by atoms with Crippen LogP contribution in [-0.2, 0) is 4.74 Å². The largest absolute Gasteiger partial charge is 0.394 e. The minimum atomic E-state index is -0.808. The number of benzene rings is 2. The standard InChI is InChI=1S/C23H30N4O4/c28-16-20-22(29)21(27-13-11-26(12-14-27)18-9-5-2-6-10-18)19(31-20)15-24-23(30)25-17-7-3-1-4-8-17/h1-10,19-22,28-29H,11-16H2,(H2,24,25,30). The maximum absolute atomic E-state index is 12.3. The maximum atomic E-state index is 12.3. The van der Waals surface area contributed by atoms with Gasteiger partial charge in [-0.3, -0.25) is 4.90 Å². The number of amides is 2. The number of ether oxygens (including phenoxy) is 1. The van der Waals surface area contributed by atoms with Crippen LogP contribution in [0.3, 0.4) is 0 Å². The number of urea groups is 1. The monoisotopic (exact) mass is 426 g/mol. The molecular weight excluding hydrogens is 396 g/mol. The van der Waals surface area contributed by atoms with Gasteiger partial charge in [-0.1, -0.05) is 36.4 Å². The van der Waals surface area contributed by atoms with E-state index in [9.17, 15) is 15.0 Å². The first kappa shape index (κ1) is 21.6. The van der Waals surface area contributed by atoms with Crippen molar-refractivity contribution >= 4 is 17.4 Å². The molecule has 0 aliphatic carbocycles. The van der Waals surface area contributed by atoms with E-state index in [1.54, 1.807) is 0 Å². The Balaban J connectivity index is 1.35. The predicted molar refractivity (Wildman–Crippen MR) is 119 cm³/mol. The van der Waals surface area contributed by atoms with Crippen LogP contribution in [0.15, 0.2) is 60.7 Å². The molecule has 2 aliphatic heterocycles. The molecule has 0 saturated carbocycles. The smallest absolute Gasteiger partial charge is 0.319 e. The highest BCUT2D eigenvalue weighted by molar-refractivity contribution is 5.89. The summed E-state index contributed by atoms with van der Waals surface area (Å²) >= 11 is 0. The lowest BCUT2D eigenvalue weighted by atomic mass is 10.0. The number of aliphatic hydroxyl groups excluding tert-OH is 2. The van der Waals surface area contributed by atoms with E-state index < -0.39 is 18.3 Å². The SMILES string of the molecule is O=C(NCC1OC(CO)C(O)C1N1CCN(c2ccccc2)CC1)Nc1ccccc1. The van der Waals surface area contributed by atoms with E-state index >= 15 is 0 Å². The molecule has 2 aromatic rings. The third kappa shape index (κ3) is 5.16. The lowest BCUT2D eigenvalue weighted by molar-refractivity contribution is -0.0205. The topological polar surface area (TPSA) is 97.3 Å². The van der Waals surface area contributed by atoms with Crippen molar-refractivity contribution in [1.29, 1.82) is 0 Å². The molecule has 4 rings (SSSR count). The number of aliphatic hydroxyl groups is 2. The third-order valence-corrected chi connectivity index (χ3v) is 5.99. The summed E-state index contributed by atoms with van der Waals surface area (Å²) in [6, 6.07) is 18.9. The zero-order valence-corrected chi connectivity index (χ0v) is 17.4. The number of piperazine rings is 1. The Hall–Kier alpha value is -2.65. The molecule has 0 bridgehead atoms. The van der Waals surface area contributed by atoms with Crippen molar-refractivity contribution in [1.82, 2.24) is 10.2 Å². The van der Waals surface area contributed by atoms with Crippen molar-refractivity contribution in [2.24, 2.45) is 0 Å². The average molecular weight is 427 g/mol. The minimum absolute atomic E-state index is 0.246. The Bertz CT molecular complexity index is 830. The Morgan fingerprint density at radius 3 is 2.26 bits per heavy atom. The minimum Gasteiger partial charge on any atom is -0.394 e. The quantitative estimate of drug-likeness (QED) is 0.553. The molecule has 2 saturated heterocycles. The Morgan fingerprint density at radius 2 is 1.61 bits per heavy atom. The van der Waals surface area contributed by atoms with E-state index in [1.165, 1.54) is 5.69 Å². The van der Waals surface area contributed by atoms with Crippen LogP contribution in [0.5, 0.6) is 0 Å². The zero-order valence-electron chi connectivity index (χ0n) is 17.4.